The molecule has 38 heavy (non-hydrogen) atoms. The number of aromatic nitrogens is 4. The lowest BCUT2D eigenvalue weighted by molar-refractivity contribution is -0.137. The summed E-state index contributed by atoms with van der Waals surface area (Å²) in [5.74, 6) is 6.65. The van der Waals surface area contributed by atoms with Crippen molar-refractivity contribution in [1.82, 2.24) is 24.8 Å². The Kier molecular flexibility index (Phi) is 8.98. The van der Waals surface area contributed by atoms with Crippen molar-refractivity contribution in [2.45, 2.75) is 70.5 Å². The number of hydrogen-bond acceptors (Lipinski definition) is 11. The molecule has 1 aliphatic heterocycles. The highest BCUT2D eigenvalue weighted by molar-refractivity contribution is 5.83. The standard InChI is InChI=1S/C25H34N6O7/c1-3-27-23(34)20-18(32)19(33)24(38-20)31-13-28-17-21(26)29-16(30-22(17)31)7-5-6-14-8-10-15(11-9-14)12-37-25(35)36-4-2/h13-15,18-20,24,32-33H,3-4,6,8-12H2,1-2H3,(H,27,34)(H2,26,29,30)/t14?,15?,18?,19-,20-,24+/m0/s1. The lowest BCUT2D eigenvalue weighted by Gasteiger charge is -2.26. The van der Waals surface area contributed by atoms with Crippen molar-refractivity contribution in [2.24, 2.45) is 11.8 Å². The fourth-order valence-electron chi connectivity index (χ4n) is 4.78. The molecule has 2 fully saturated rings. The van der Waals surface area contributed by atoms with Crippen molar-refractivity contribution < 1.29 is 34.0 Å². The Labute approximate surface area is 220 Å². The fraction of sp³-hybridized carbons (Fsp3) is 0.640. The summed E-state index contributed by atoms with van der Waals surface area (Å²) >= 11 is 0. The van der Waals surface area contributed by atoms with E-state index in [1.54, 1.807) is 13.8 Å². The van der Waals surface area contributed by atoms with E-state index in [0.717, 1.165) is 25.7 Å². The number of carbonyl (C=O) groups excluding carboxylic acids is 2. The molecule has 2 aromatic heterocycles. The molecule has 1 unspecified atom stereocenters. The number of carbonyl (C=O) groups is 2. The number of fused-ring (bicyclic) bond motifs is 1. The number of aliphatic hydroxyl groups excluding tert-OH is 2. The van der Waals surface area contributed by atoms with Crippen molar-refractivity contribution in [3.05, 3.63) is 12.2 Å². The van der Waals surface area contributed by atoms with Crippen molar-refractivity contribution in [3.63, 3.8) is 0 Å². The van der Waals surface area contributed by atoms with Gasteiger partial charge < -0.3 is 35.5 Å². The third-order valence-corrected chi connectivity index (χ3v) is 6.83. The molecule has 1 saturated carbocycles. The molecular formula is C25H34N6O7. The molecule has 4 atom stereocenters. The van der Waals surface area contributed by atoms with E-state index in [9.17, 15) is 19.8 Å². The van der Waals surface area contributed by atoms with E-state index in [4.69, 9.17) is 19.9 Å². The third-order valence-electron chi connectivity index (χ3n) is 6.83. The van der Waals surface area contributed by atoms with Gasteiger partial charge in [0.2, 0.25) is 5.82 Å². The predicted octanol–water partition coefficient (Wildman–Crippen LogP) is 0.885. The summed E-state index contributed by atoms with van der Waals surface area (Å²) < 4.78 is 17.0. The highest BCUT2D eigenvalue weighted by Crippen LogP contribution is 2.33. The highest BCUT2D eigenvalue weighted by Gasteiger charge is 2.47. The summed E-state index contributed by atoms with van der Waals surface area (Å²) in [5.41, 5.74) is 6.66. The van der Waals surface area contributed by atoms with Crippen LogP contribution in [-0.4, -0.2) is 79.9 Å². The summed E-state index contributed by atoms with van der Waals surface area (Å²) in [6.45, 7) is 4.51. The van der Waals surface area contributed by atoms with E-state index >= 15 is 0 Å². The van der Waals surface area contributed by atoms with E-state index < -0.39 is 36.6 Å². The molecule has 0 bridgehead atoms. The smallest absolute Gasteiger partial charge is 0.435 e. The van der Waals surface area contributed by atoms with Crippen molar-refractivity contribution in [2.75, 3.05) is 25.5 Å². The van der Waals surface area contributed by atoms with Crippen LogP contribution in [0.25, 0.3) is 11.2 Å². The van der Waals surface area contributed by atoms with Crippen LogP contribution in [-0.2, 0) is 19.0 Å². The fourth-order valence-corrected chi connectivity index (χ4v) is 4.78. The first-order valence-corrected chi connectivity index (χ1v) is 12.9. The first kappa shape index (κ1) is 27.6. The number of nitrogens with zero attached hydrogens (tertiary/aromatic N) is 4. The Bertz CT molecular complexity index is 1200. The van der Waals surface area contributed by atoms with E-state index in [1.165, 1.54) is 10.9 Å². The average molecular weight is 531 g/mol. The number of rotatable bonds is 7. The lowest BCUT2D eigenvalue weighted by Crippen LogP contribution is -2.42. The summed E-state index contributed by atoms with van der Waals surface area (Å²) in [6, 6.07) is 0. The molecule has 1 saturated heterocycles. The second kappa shape index (κ2) is 12.4. The van der Waals surface area contributed by atoms with Crippen molar-refractivity contribution >= 4 is 29.0 Å². The van der Waals surface area contributed by atoms with Gasteiger partial charge in [-0.2, -0.15) is 0 Å². The van der Waals surface area contributed by atoms with Gasteiger partial charge in [0.15, 0.2) is 23.8 Å². The number of ether oxygens (including phenoxy) is 3. The Morgan fingerprint density at radius 2 is 1.89 bits per heavy atom. The monoisotopic (exact) mass is 530 g/mol. The normalized spacial score (nSPS) is 26.9. The van der Waals surface area contributed by atoms with Gasteiger partial charge in [0.1, 0.15) is 17.7 Å². The van der Waals surface area contributed by atoms with Crippen LogP contribution >= 0.6 is 0 Å². The predicted molar refractivity (Wildman–Crippen MR) is 134 cm³/mol. The minimum absolute atomic E-state index is 0.119. The van der Waals surface area contributed by atoms with E-state index in [2.05, 4.69) is 32.1 Å². The molecule has 2 aliphatic rings. The molecule has 0 spiro atoms. The van der Waals surface area contributed by atoms with Crippen LogP contribution in [0.15, 0.2) is 6.33 Å². The molecule has 5 N–H and O–H groups in total. The molecule has 0 radical (unpaired) electrons. The lowest BCUT2D eigenvalue weighted by atomic mass is 9.81. The topological polar surface area (TPSA) is 184 Å². The molecule has 1 amide bonds. The van der Waals surface area contributed by atoms with Gasteiger partial charge in [-0.1, -0.05) is 5.92 Å². The largest absolute Gasteiger partial charge is 0.508 e. The Hall–Kier alpha value is -3.47. The second-order valence-corrected chi connectivity index (χ2v) is 9.47. The number of nitrogen functional groups attached to an aromatic ring is 1. The molecule has 0 aromatic carbocycles. The van der Waals surface area contributed by atoms with Crippen LogP contribution in [0.3, 0.4) is 0 Å². The number of likely N-dealkylation sites (N-methyl/N-ethyl adjacent to an activating group) is 1. The van der Waals surface area contributed by atoms with Crippen LogP contribution in [0.4, 0.5) is 10.6 Å². The third kappa shape index (κ3) is 6.15. The van der Waals surface area contributed by atoms with Crippen LogP contribution < -0.4 is 11.1 Å². The number of nitrogens with one attached hydrogen (secondary N) is 1. The molecule has 3 heterocycles. The van der Waals surface area contributed by atoms with Gasteiger partial charge in [0.05, 0.1) is 19.5 Å². The van der Waals surface area contributed by atoms with Crippen LogP contribution in [0.5, 0.6) is 0 Å². The summed E-state index contributed by atoms with van der Waals surface area (Å²) in [7, 11) is 0. The Morgan fingerprint density at radius 1 is 1.16 bits per heavy atom. The summed E-state index contributed by atoms with van der Waals surface area (Å²) in [4.78, 5) is 36.5. The van der Waals surface area contributed by atoms with Gasteiger partial charge in [0.25, 0.3) is 5.91 Å². The van der Waals surface area contributed by atoms with Gasteiger partial charge in [0, 0.05) is 13.0 Å². The van der Waals surface area contributed by atoms with Gasteiger partial charge in [-0.3, -0.25) is 9.36 Å². The van der Waals surface area contributed by atoms with E-state index in [1.807, 2.05) is 0 Å². The Balaban J connectivity index is 1.39. The number of anilines is 1. The molecule has 2 aromatic rings. The van der Waals surface area contributed by atoms with E-state index in [-0.39, 0.29) is 17.3 Å². The molecular weight excluding hydrogens is 496 g/mol. The number of imidazole rings is 1. The maximum absolute atomic E-state index is 12.2. The van der Waals surface area contributed by atoms with Gasteiger partial charge in [-0.05, 0) is 57.3 Å². The molecule has 13 heteroatoms. The number of amides is 1. The van der Waals surface area contributed by atoms with Gasteiger partial charge in [-0.15, -0.1) is 0 Å². The second-order valence-electron chi connectivity index (χ2n) is 9.47. The van der Waals surface area contributed by atoms with Crippen molar-refractivity contribution in [1.29, 1.82) is 0 Å². The molecule has 13 nitrogen and oxygen atoms in total. The summed E-state index contributed by atoms with van der Waals surface area (Å²) in [6.07, 6.45) is 0.134. The van der Waals surface area contributed by atoms with E-state index in [0.29, 0.717) is 43.5 Å². The number of aliphatic hydroxyl groups is 2. The van der Waals surface area contributed by atoms with Crippen LogP contribution in [0.2, 0.25) is 0 Å². The maximum Gasteiger partial charge on any atom is 0.508 e. The minimum atomic E-state index is -1.42. The zero-order chi connectivity index (χ0) is 27.2. The molecule has 1 aliphatic carbocycles. The first-order valence-electron chi connectivity index (χ1n) is 12.9. The van der Waals surface area contributed by atoms with Gasteiger partial charge in [-0.25, -0.2) is 19.7 Å². The molecule has 206 valence electrons. The minimum Gasteiger partial charge on any atom is -0.435 e. The summed E-state index contributed by atoms with van der Waals surface area (Å²) in [5, 5.41) is 23.5. The van der Waals surface area contributed by atoms with Gasteiger partial charge >= 0.3 is 6.16 Å². The first-order chi connectivity index (χ1) is 18.3. The quantitative estimate of drug-likeness (QED) is 0.294. The number of nitrogens with two attached hydrogens (primary N) is 1. The Morgan fingerprint density at radius 3 is 2.61 bits per heavy atom. The zero-order valence-electron chi connectivity index (χ0n) is 21.5. The van der Waals surface area contributed by atoms with Crippen molar-refractivity contribution in [3.8, 4) is 11.8 Å². The average Bonchev–Trinajstić information content (AvgIpc) is 3.45. The highest BCUT2D eigenvalue weighted by atomic mass is 16.7. The maximum atomic E-state index is 12.2. The number of hydrogen-bond donors (Lipinski definition) is 4. The van der Waals surface area contributed by atoms with Crippen LogP contribution in [0, 0.1) is 23.7 Å². The zero-order valence-corrected chi connectivity index (χ0v) is 21.5. The van der Waals surface area contributed by atoms with Crippen LogP contribution in [0.1, 0.15) is 58.0 Å². The SMILES string of the molecule is CCNC(=O)[C@H]1O[C@@H](n2cnc3c(N)nc(C#CCC4CCC(COC(=O)OCC)CC4)nc32)[C@@H](O)C1O. The molecule has 4 rings (SSSR count).